The molecule has 1 fully saturated rings. The monoisotopic (exact) mass is 320 g/mol. The van der Waals surface area contributed by atoms with Gasteiger partial charge in [0.2, 0.25) is 0 Å². The van der Waals surface area contributed by atoms with Crippen LogP contribution in [0.15, 0.2) is 24.3 Å². The van der Waals surface area contributed by atoms with Crippen molar-refractivity contribution in [3.05, 3.63) is 29.8 Å². The maximum Gasteiger partial charge on any atom is 0.253 e. The Hall–Kier alpha value is -1.59. The lowest BCUT2D eigenvalue weighted by atomic mass is 9.93. The molecule has 23 heavy (non-hydrogen) atoms. The molecule has 0 aromatic heterocycles. The summed E-state index contributed by atoms with van der Waals surface area (Å²) in [5, 5.41) is 0. The molecule has 1 aromatic rings. The third-order valence-corrected chi connectivity index (χ3v) is 4.13. The van der Waals surface area contributed by atoms with Crippen molar-refractivity contribution < 1.29 is 14.3 Å². The topological polar surface area (TPSA) is 64.8 Å². The SMILES string of the molecule is CN(CC(C)(C)CN)C(=O)c1ccc(OCC2CCCO2)cc1. The molecule has 1 atom stereocenters. The van der Waals surface area contributed by atoms with Crippen LogP contribution in [0.2, 0.25) is 0 Å². The second-order valence-electron chi connectivity index (χ2n) is 7.00. The smallest absolute Gasteiger partial charge is 0.253 e. The number of amides is 1. The number of rotatable bonds is 7. The van der Waals surface area contributed by atoms with Gasteiger partial charge in [0, 0.05) is 25.8 Å². The summed E-state index contributed by atoms with van der Waals surface area (Å²) in [6, 6.07) is 7.28. The van der Waals surface area contributed by atoms with Gasteiger partial charge in [-0.1, -0.05) is 13.8 Å². The molecule has 5 nitrogen and oxygen atoms in total. The summed E-state index contributed by atoms with van der Waals surface area (Å²) < 4.78 is 11.2. The molecule has 128 valence electrons. The Morgan fingerprint density at radius 1 is 1.39 bits per heavy atom. The highest BCUT2D eigenvalue weighted by molar-refractivity contribution is 5.94. The zero-order chi connectivity index (χ0) is 16.9. The molecule has 1 saturated heterocycles. The Morgan fingerprint density at radius 2 is 2.09 bits per heavy atom. The predicted molar refractivity (Wildman–Crippen MR) is 90.7 cm³/mol. The molecule has 1 aliphatic heterocycles. The first-order valence-corrected chi connectivity index (χ1v) is 8.21. The van der Waals surface area contributed by atoms with Gasteiger partial charge in [0.15, 0.2) is 0 Å². The molecular weight excluding hydrogens is 292 g/mol. The summed E-state index contributed by atoms with van der Waals surface area (Å²) in [7, 11) is 1.81. The molecule has 0 bridgehead atoms. The van der Waals surface area contributed by atoms with Gasteiger partial charge in [-0.3, -0.25) is 4.79 Å². The van der Waals surface area contributed by atoms with Crippen molar-refractivity contribution in [3.63, 3.8) is 0 Å². The zero-order valence-electron chi connectivity index (χ0n) is 14.4. The zero-order valence-corrected chi connectivity index (χ0v) is 14.4. The van der Waals surface area contributed by atoms with Crippen LogP contribution in [0.1, 0.15) is 37.0 Å². The van der Waals surface area contributed by atoms with Crippen molar-refractivity contribution >= 4 is 5.91 Å². The first-order chi connectivity index (χ1) is 10.9. The van der Waals surface area contributed by atoms with E-state index in [4.69, 9.17) is 15.2 Å². The van der Waals surface area contributed by atoms with E-state index in [-0.39, 0.29) is 17.4 Å². The molecule has 0 spiro atoms. The number of nitrogens with two attached hydrogens (primary N) is 1. The first-order valence-electron chi connectivity index (χ1n) is 8.21. The number of hydrogen-bond donors (Lipinski definition) is 1. The summed E-state index contributed by atoms with van der Waals surface area (Å²) in [5.41, 5.74) is 6.30. The Kier molecular flexibility index (Phi) is 6.02. The van der Waals surface area contributed by atoms with E-state index < -0.39 is 0 Å². The summed E-state index contributed by atoms with van der Waals surface area (Å²) in [5.74, 6) is 0.763. The van der Waals surface area contributed by atoms with E-state index in [0.717, 1.165) is 25.2 Å². The maximum atomic E-state index is 12.4. The Balaban J connectivity index is 1.88. The molecule has 5 heteroatoms. The molecule has 0 radical (unpaired) electrons. The number of carbonyl (C=O) groups is 1. The van der Waals surface area contributed by atoms with E-state index in [0.29, 0.717) is 25.3 Å². The van der Waals surface area contributed by atoms with Gasteiger partial charge in [-0.05, 0) is 49.1 Å². The van der Waals surface area contributed by atoms with Crippen LogP contribution in [0.25, 0.3) is 0 Å². The molecule has 1 aromatic carbocycles. The van der Waals surface area contributed by atoms with Gasteiger partial charge in [0.25, 0.3) is 5.91 Å². The largest absolute Gasteiger partial charge is 0.491 e. The lowest BCUT2D eigenvalue weighted by Crippen LogP contribution is -2.39. The number of carbonyl (C=O) groups excluding carboxylic acids is 1. The number of benzene rings is 1. The van der Waals surface area contributed by atoms with Crippen LogP contribution in [-0.4, -0.2) is 50.3 Å². The number of ether oxygens (including phenoxy) is 2. The van der Waals surface area contributed by atoms with E-state index in [1.807, 2.05) is 19.2 Å². The van der Waals surface area contributed by atoms with Crippen LogP contribution in [0.4, 0.5) is 0 Å². The number of nitrogens with zero attached hydrogens (tertiary/aromatic N) is 1. The third kappa shape index (κ3) is 5.22. The Labute approximate surface area is 138 Å². The van der Waals surface area contributed by atoms with Gasteiger partial charge >= 0.3 is 0 Å². The van der Waals surface area contributed by atoms with Crippen LogP contribution < -0.4 is 10.5 Å². The summed E-state index contributed by atoms with van der Waals surface area (Å²) >= 11 is 0. The van der Waals surface area contributed by atoms with E-state index in [9.17, 15) is 4.79 Å². The van der Waals surface area contributed by atoms with Gasteiger partial charge in [0.05, 0.1) is 6.10 Å². The van der Waals surface area contributed by atoms with Gasteiger partial charge in [0.1, 0.15) is 12.4 Å². The van der Waals surface area contributed by atoms with E-state index in [1.54, 1.807) is 17.0 Å². The van der Waals surface area contributed by atoms with E-state index >= 15 is 0 Å². The Bertz CT molecular complexity index is 508. The minimum Gasteiger partial charge on any atom is -0.491 e. The van der Waals surface area contributed by atoms with E-state index in [1.165, 1.54) is 0 Å². The van der Waals surface area contributed by atoms with Crippen molar-refractivity contribution in [2.75, 3.05) is 33.4 Å². The molecule has 1 heterocycles. The Morgan fingerprint density at radius 3 is 2.65 bits per heavy atom. The molecular formula is C18H28N2O3. The molecule has 0 aliphatic carbocycles. The normalized spacial score (nSPS) is 18.0. The minimum absolute atomic E-state index is 0.00259. The van der Waals surface area contributed by atoms with Crippen LogP contribution in [0.3, 0.4) is 0 Å². The predicted octanol–water partition coefficient (Wildman–Crippen LogP) is 2.30. The molecule has 0 saturated carbocycles. The summed E-state index contributed by atoms with van der Waals surface area (Å²) in [4.78, 5) is 14.2. The molecule has 2 N–H and O–H groups in total. The molecule has 1 unspecified atom stereocenters. The average molecular weight is 320 g/mol. The van der Waals surface area contributed by atoms with Gasteiger partial charge < -0.3 is 20.1 Å². The first kappa shape index (κ1) is 17.8. The lowest BCUT2D eigenvalue weighted by Gasteiger charge is -2.29. The third-order valence-electron chi connectivity index (χ3n) is 4.13. The van der Waals surface area contributed by atoms with Crippen molar-refractivity contribution in [1.82, 2.24) is 4.90 Å². The van der Waals surface area contributed by atoms with Crippen molar-refractivity contribution in [1.29, 1.82) is 0 Å². The van der Waals surface area contributed by atoms with Crippen LogP contribution in [-0.2, 0) is 4.74 Å². The standard InChI is InChI=1S/C18H28N2O3/c1-18(2,12-19)13-20(3)17(21)14-6-8-15(9-7-14)23-11-16-5-4-10-22-16/h6-9,16H,4-5,10-13,19H2,1-3H3. The fourth-order valence-electron chi connectivity index (χ4n) is 2.66. The highest BCUT2D eigenvalue weighted by Gasteiger charge is 2.22. The summed E-state index contributed by atoms with van der Waals surface area (Å²) in [6.07, 6.45) is 2.35. The minimum atomic E-state index is -0.0885. The highest BCUT2D eigenvalue weighted by atomic mass is 16.5. The second kappa shape index (κ2) is 7.79. The van der Waals surface area contributed by atoms with Crippen molar-refractivity contribution in [3.8, 4) is 5.75 Å². The van der Waals surface area contributed by atoms with Crippen molar-refractivity contribution in [2.24, 2.45) is 11.1 Å². The van der Waals surface area contributed by atoms with Gasteiger partial charge in [-0.15, -0.1) is 0 Å². The van der Waals surface area contributed by atoms with Crippen LogP contribution >= 0.6 is 0 Å². The van der Waals surface area contributed by atoms with Crippen molar-refractivity contribution in [2.45, 2.75) is 32.8 Å². The quantitative estimate of drug-likeness (QED) is 0.837. The fraction of sp³-hybridized carbons (Fsp3) is 0.611. The number of hydrogen-bond acceptors (Lipinski definition) is 4. The average Bonchev–Trinajstić information content (AvgIpc) is 3.06. The van der Waals surface area contributed by atoms with Gasteiger partial charge in [-0.25, -0.2) is 0 Å². The molecule has 1 amide bonds. The fourth-order valence-corrected chi connectivity index (χ4v) is 2.66. The molecule has 1 aliphatic rings. The van der Waals surface area contributed by atoms with E-state index in [2.05, 4.69) is 13.8 Å². The highest BCUT2D eigenvalue weighted by Crippen LogP contribution is 2.19. The second-order valence-corrected chi connectivity index (χ2v) is 7.00. The lowest BCUT2D eigenvalue weighted by molar-refractivity contribution is 0.0678. The molecule has 2 rings (SSSR count). The van der Waals surface area contributed by atoms with Crippen LogP contribution in [0, 0.1) is 5.41 Å². The summed E-state index contributed by atoms with van der Waals surface area (Å²) in [6.45, 7) is 6.67. The van der Waals surface area contributed by atoms with Crippen LogP contribution in [0.5, 0.6) is 5.75 Å². The maximum absolute atomic E-state index is 12.4. The van der Waals surface area contributed by atoms with Gasteiger partial charge in [-0.2, -0.15) is 0 Å².